The van der Waals surface area contributed by atoms with Crippen LogP contribution in [0.2, 0.25) is 0 Å². The van der Waals surface area contributed by atoms with Gasteiger partial charge in [-0.3, -0.25) is 4.98 Å². The molecular weight excluding hydrogens is 238 g/mol. The van der Waals surface area contributed by atoms with Crippen LogP contribution in [0.1, 0.15) is 27.7 Å². The van der Waals surface area contributed by atoms with Crippen molar-refractivity contribution in [3.8, 4) is 0 Å². The number of anilines is 1. The average Bonchev–Trinajstić information content (AvgIpc) is 2.15. The van der Waals surface area contributed by atoms with Crippen LogP contribution < -0.4 is 10.0 Å². The highest BCUT2D eigenvalue weighted by molar-refractivity contribution is 7.89. The van der Waals surface area contributed by atoms with Gasteiger partial charge in [0.2, 0.25) is 10.0 Å². The maximum atomic E-state index is 12.2. The molecule has 0 amide bonds. The number of rotatable bonds is 4. The van der Waals surface area contributed by atoms with Gasteiger partial charge in [-0.1, -0.05) is 0 Å². The van der Waals surface area contributed by atoms with Crippen LogP contribution in [0.15, 0.2) is 23.4 Å². The Labute approximate surface area is 103 Å². The SMILES string of the molecule is CCNc1ccncc1S(=O)(=O)NC(C)(C)C. The normalized spacial score (nSPS) is 12.5. The van der Waals surface area contributed by atoms with Crippen molar-refractivity contribution in [1.29, 1.82) is 0 Å². The summed E-state index contributed by atoms with van der Waals surface area (Å²) in [5.41, 5.74) is 0.0530. The van der Waals surface area contributed by atoms with E-state index in [1.165, 1.54) is 6.20 Å². The third-order valence-electron chi connectivity index (χ3n) is 1.88. The van der Waals surface area contributed by atoms with Gasteiger partial charge in [0.25, 0.3) is 0 Å². The average molecular weight is 257 g/mol. The summed E-state index contributed by atoms with van der Waals surface area (Å²) in [6, 6.07) is 1.65. The maximum absolute atomic E-state index is 12.2. The topological polar surface area (TPSA) is 71.1 Å². The van der Waals surface area contributed by atoms with E-state index in [-0.39, 0.29) is 4.90 Å². The minimum absolute atomic E-state index is 0.178. The summed E-state index contributed by atoms with van der Waals surface area (Å²) in [7, 11) is -3.55. The van der Waals surface area contributed by atoms with Crippen molar-refractivity contribution < 1.29 is 8.42 Å². The van der Waals surface area contributed by atoms with Crippen LogP contribution in [0.25, 0.3) is 0 Å². The van der Waals surface area contributed by atoms with E-state index in [0.717, 1.165) is 0 Å². The quantitative estimate of drug-likeness (QED) is 0.859. The second kappa shape index (κ2) is 5.01. The minimum Gasteiger partial charge on any atom is -0.384 e. The van der Waals surface area contributed by atoms with Gasteiger partial charge in [-0.05, 0) is 33.8 Å². The van der Waals surface area contributed by atoms with Crippen molar-refractivity contribution in [2.75, 3.05) is 11.9 Å². The third-order valence-corrected chi connectivity index (χ3v) is 3.67. The fourth-order valence-corrected chi connectivity index (χ4v) is 2.93. The highest BCUT2D eigenvalue weighted by Crippen LogP contribution is 2.20. The molecule has 0 radical (unpaired) electrons. The Morgan fingerprint density at radius 3 is 2.53 bits per heavy atom. The molecule has 0 bridgehead atoms. The third kappa shape index (κ3) is 3.98. The van der Waals surface area contributed by atoms with E-state index in [1.807, 2.05) is 6.92 Å². The molecule has 0 saturated carbocycles. The van der Waals surface area contributed by atoms with Crippen LogP contribution in [-0.2, 0) is 10.0 Å². The summed E-state index contributed by atoms with van der Waals surface area (Å²) in [4.78, 5) is 4.04. The summed E-state index contributed by atoms with van der Waals surface area (Å²) in [6.07, 6.45) is 2.92. The highest BCUT2D eigenvalue weighted by Gasteiger charge is 2.24. The lowest BCUT2D eigenvalue weighted by atomic mass is 10.1. The first-order valence-electron chi connectivity index (χ1n) is 5.48. The molecule has 1 aromatic heterocycles. The Morgan fingerprint density at radius 1 is 1.35 bits per heavy atom. The predicted octanol–water partition coefficient (Wildman–Crippen LogP) is 1.59. The second-order valence-corrected chi connectivity index (χ2v) is 6.41. The van der Waals surface area contributed by atoms with Gasteiger partial charge in [0, 0.05) is 24.5 Å². The van der Waals surface area contributed by atoms with Gasteiger partial charge in [-0.2, -0.15) is 0 Å². The Bertz CT molecular complexity index is 478. The van der Waals surface area contributed by atoms with Crippen LogP contribution in [0.5, 0.6) is 0 Å². The number of sulfonamides is 1. The smallest absolute Gasteiger partial charge is 0.244 e. The first-order valence-corrected chi connectivity index (χ1v) is 6.96. The van der Waals surface area contributed by atoms with Gasteiger partial charge in [-0.15, -0.1) is 0 Å². The monoisotopic (exact) mass is 257 g/mol. The standard InChI is InChI=1S/C11H19N3O2S/c1-5-13-9-6-7-12-8-10(9)17(15,16)14-11(2,3)4/h6-8,14H,5H2,1-4H3,(H,12,13). The van der Waals surface area contributed by atoms with Crippen LogP contribution >= 0.6 is 0 Å². The van der Waals surface area contributed by atoms with E-state index in [1.54, 1.807) is 33.0 Å². The predicted molar refractivity (Wildman–Crippen MR) is 68.5 cm³/mol. The molecule has 5 nitrogen and oxygen atoms in total. The van der Waals surface area contributed by atoms with Crippen LogP contribution in [0, 0.1) is 0 Å². The van der Waals surface area contributed by atoms with Gasteiger partial charge in [-0.25, -0.2) is 13.1 Å². The largest absolute Gasteiger partial charge is 0.384 e. The van der Waals surface area contributed by atoms with Gasteiger partial charge < -0.3 is 5.32 Å². The molecule has 17 heavy (non-hydrogen) atoms. The Hall–Kier alpha value is -1.14. The second-order valence-electron chi connectivity index (χ2n) is 4.76. The Balaban J connectivity index is 3.15. The van der Waals surface area contributed by atoms with Crippen LogP contribution in [0.3, 0.4) is 0 Å². The summed E-state index contributed by atoms with van der Waals surface area (Å²) < 4.78 is 26.9. The zero-order chi connectivity index (χ0) is 13.1. The number of nitrogens with one attached hydrogen (secondary N) is 2. The Morgan fingerprint density at radius 2 is 2.00 bits per heavy atom. The summed E-state index contributed by atoms with van der Waals surface area (Å²) in [5, 5.41) is 3.01. The summed E-state index contributed by atoms with van der Waals surface area (Å²) in [5.74, 6) is 0. The van der Waals surface area contributed by atoms with Gasteiger partial charge >= 0.3 is 0 Å². The molecule has 1 heterocycles. The van der Waals surface area contributed by atoms with Crippen molar-refractivity contribution in [2.24, 2.45) is 0 Å². The molecular formula is C11H19N3O2S. The lowest BCUT2D eigenvalue weighted by molar-refractivity contribution is 0.491. The van der Waals surface area contributed by atoms with E-state index in [2.05, 4.69) is 15.0 Å². The molecule has 0 aliphatic carbocycles. The summed E-state index contributed by atoms with van der Waals surface area (Å²) in [6.45, 7) is 7.96. The molecule has 96 valence electrons. The first kappa shape index (κ1) is 13.9. The Kier molecular flexibility index (Phi) is 4.11. The van der Waals surface area contributed by atoms with Gasteiger partial charge in [0.05, 0.1) is 5.69 Å². The molecule has 0 atom stereocenters. The van der Waals surface area contributed by atoms with Crippen molar-refractivity contribution in [3.63, 3.8) is 0 Å². The summed E-state index contributed by atoms with van der Waals surface area (Å²) >= 11 is 0. The number of aromatic nitrogens is 1. The number of hydrogen-bond donors (Lipinski definition) is 2. The number of nitrogens with zero attached hydrogens (tertiary/aromatic N) is 1. The van der Waals surface area contributed by atoms with Gasteiger partial charge in [0.15, 0.2) is 0 Å². The molecule has 0 aliphatic heterocycles. The molecule has 6 heteroatoms. The van der Waals surface area contributed by atoms with Crippen molar-refractivity contribution in [2.45, 2.75) is 38.1 Å². The van der Waals surface area contributed by atoms with E-state index in [9.17, 15) is 8.42 Å². The molecule has 0 fully saturated rings. The molecule has 1 rings (SSSR count). The number of hydrogen-bond acceptors (Lipinski definition) is 4. The molecule has 0 aromatic carbocycles. The van der Waals surface area contributed by atoms with E-state index < -0.39 is 15.6 Å². The number of pyridine rings is 1. The zero-order valence-corrected chi connectivity index (χ0v) is 11.4. The fourth-order valence-electron chi connectivity index (χ4n) is 1.39. The molecule has 0 unspecified atom stereocenters. The first-order chi connectivity index (χ1) is 7.76. The fraction of sp³-hybridized carbons (Fsp3) is 0.545. The van der Waals surface area contributed by atoms with Crippen molar-refractivity contribution in [1.82, 2.24) is 9.71 Å². The molecule has 2 N–H and O–H groups in total. The lowest BCUT2D eigenvalue weighted by Gasteiger charge is -2.21. The van der Waals surface area contributed by atoms with Crippen LogP contribution in [-0.4, -0.2) is 25.5 Å². The minimum atomic E-state index is -3.55. The maximum Gasteiger partial charge on any atom is 0.244 e. The highest BCUT2D eigenvalue weighted by atomic mass is 32.2. The molecule has 0 aliphatic rings. The van der Waals surface area contributed by atoms with Crippen molar-refractivity contribution >= 4 is 15.7 Å². The van der Waals surface area contributed by atoms with E-state index >= 15 is 0 Å². The van der Waals surface area contributed by atoms with E-state index in [0.29, 0.717) is 12.2 Å². The molecule has 0 saturated heterocycles. The van der Waals surface area contributed by atoms with Crippen molar-refractivity contribution in [3.05, 3.63) is 18.5 Å². The van der Waals surface area contributed by atoms with Gasteiger partial charge in [0.1, 0.15) is 4.90 Å². The zero-order valence-electron chi connectivity index (χ0n) is 10.6. The van der Waals surface area contributed by atoms with E-state index in [4.69, 9.17) is 0 Å². The molecule has 1 aromatic rings. The molecule has 0 spiro atoms. The van der Waals surface area contributed by atoms with Crippen LogP contribution in [0.4, 0.5) is 5.69 Å². The lowest BCUT2D eigenvalue weighted by Crippen LogP contribution is -2.40.